The Bertz CT molecular complexity index is 842. The van der Waals surface area contributed by atoms with Gasteiger partial charge in [0, 0.05) is 36.8 Å². The lowest BCUT2D eigenvalue weighted by molar-refractivity contribution is 0.233. The van der Waals surface area contributed by atoms with Crippen molar-refractivity contribution in [3.8, 4) is 0 Å². The van der Waals surface area contributed by atoms with E-state index >= 15 is 0 Å². The van der Waals surface area contributed by atoms with Gasteiger partial charge in [0.15, 0.2) is 0 Å². The van der Waals surface area contributed by atoms with Gasteiger partial charge in [-0.1, -0.05) is 25.7 Å². The highest BCUT2D eigenvalue weighted by Crippen LogP contribution is 2.22. The van der Waals surface area contributed by atoms with Gasteiger partial charge in [-0.3, -0.25) is 4.79 Å². The predicted molar refractivity (Wildman–Crippen MR) is 114 cm³/mol. The molecule has 3 aliphatic rings. The lowest BCUT2D eigenvalue weighted by Gasteiger charge is -2.21. The van der Waals surface area contributed by atoms with Crippen LogP contribution in [0.25, 0.3) is 0 Å². The second-order valence-corrected chi connectivity index (χ2v) is 8.83. The summed E-state index contributed by atoms with van der Waals surface area (Å²) < 4.78 is 0.929. The third-order valence-corrected chi connectivity index (χ3v) is 6.62. The second kappa shape index (κ2) is 9.06. The van der Waals surface area contributed by atoms with E-state index in [-0.39, 0.29) is 24.2 Å². The number of carbonyl (C=O) groups is 2. The van der Waals surface area contributed by atoms with Crippen molar-refractivity contribution in [2.75, 3.05) is 18.0 Å². The van der Waals surface area contributed by atoms with Crippen molar-refractivity contribution < 1.29 is 9.59 Å². The smallest absolute Gasteiger partial charge is 0.345 e. The standard InChI is InChI=1S/C21H32N6O3/c1-14-18(12-22-27(19(14)28)21(30)25-16-8-4-5-9-16)26-11-10-17(13-26)24-20(29)23-15-6-2-3-7-15/h12,15-17H,2-11,13H2,1H3,(H,25,30)(H2,23,24,29). The quantitative estimate of drug-likeness (QED) is 0.694. The number of anilines is 1. The summed E-state index contributed by atoms with van der Waals surface area (Å²) in [5, 5.41) is 13.1. The van der Waals surface area contributed by atoms with E-state index in [4.69, 9.17) is 0 Å². The van der Waals surface area contributed by atoms with Crippen molar-refractivity contribution >= 4 is 17.7 Å². The molecule has 30 heavy (non-hydrogen) atoms. The summed E-state index contributed by atoms with van der Waals surface area (Å²) in [5.41, 5.74) is 0.839. The van der Waals surface area contributed by atoms with Gasteiger partial charge in [0.25, 0.3) is 5.56 Å². The molecule has 3 N–H and O–H groups in total. The summed E-state index contributed by atoms with van der Waals surface area (Å²) in [5.74, 6) is 0. The summed E-state index contributed by atoms with van der Waals surface area (Å²) in [7, 11) is 0. The normalized spacial score (nSPS) is 22.4. The lowest BCUT2D eigenvalue weighted by Crippen LogP contribution is -2.46. The highest BCUT2D eigenvalue weighted by atomic mass is 16.2. The molecule has 9 nitrogen and oxygen atoms in total. The van der Waals surface area contributed by atoms with Crippen LogP contribution in [0.15, 0.2) is 11.0 Å². The van der Waals surface area contributed by atoms with Gasteiger partial charge in [-0.25, -0.2) is 9.59 Å². The Morgan fingerprint density at radius 2 is 1.53 bits per heavy atom. The fourth-order valence-electron chi connectivity index (χ4n) is 4.88. The van der Waals surface area contributed by atoms with Crippen molar-refractivity contribution in [3.63, 3.8) is 0 Å². The van der Waals surface area contributed by atoms with E-state index in [1.807, 2.05) is 0 Å². The Morgan fingerprint density at radius 3 is 2.20 bits per heavy atom. The van der Waals surface area contributed by atoms with Crippen LogP contribution >= 0.6 is 0 Å². The van der Waals surface area contributed by atoms with Crippen LogP contribution in [0, 0.1) is 6.92 Å². The number of hydrogen-bond acceptors (Lipinski definition) is 5. The Hall–Kier alpha value is -2.58. The zero-order valence-electron chi connectivity index (χ0n) is 17.7. The molecule has 164 valence electrons. The topological polar surface area (TPSA) is 108 Å². The number of aromatic nitrogens is 2. The third kappa shape index (κ3) is 4.60. The molecule has 3 amide bonds. The molecule has 0 aromatic carbocycles. The number of rotatable bonds is 4. The summed E-state index contributed by atoms with van der Waals surface area (Å²) in [6.45, 7) is 3.08. The van der Waals surface area contributed by atoms with Crippen molar-refractivity contribution in [2.24, 2.45) is 0 Å². The van der Waals surface area contributed by atoms with Crippen LogP contribution in [0.4, 0.5) is 15.3 Å². The lowest BCUT2D eigenvalue weighted by atomic mass is 10.2. The van der Waals surface area contributed by atoms with Crippen LogP contribution in [-0.2, 0) is 0 Å². The van der Waals surface area contributed by atoms with Crippen molar-refractivity contribution in [3.05, 3.63) is 22.1 Å². The number of urea groups is 1. The Labute approximate surface area is 176 Å². The van der Waals surface area contributed by atoms with Crippen LogP contribution in [0.3, 0.4) is 0 Å². The van der Waals surface area contributed by atoms with Crippen molar-refractivity contribution in [1.29, 1.82) is 0 Å². The molecule has 1 aromatic heterocycles. The molecule has 2 heterocycles. The van der Waals surface area contributed by atoms with E-state index in [0.29, 0.717) is 12.1 Å². The van der Waals surface area contributed by atoms with E-state index in [2.05, 4.69) is 25.9 Å². The van der Waals surface area contributed by atoms with Crippen LogP contribution in [-0.4, -0.2) is 53.1 Å². The average Bonchev–Trinajstić information content (AvgIpc) is 3.47. The van der Waals surface area contributed by atoms with Crippen molar-refractivity contribution in [1.82, 2.24) is 25.7 Å². The molecule has 1 saturated heterocycles. The maximum Gasteiger partial charge on any atom is 0.345 e. The number of hydrogen-bond donors (Lipinski definition) is 3. The molecule has 0 radical (unpaired) electrons. The van der Waals surface area contributed by atoms with E-state index < -0.39 is 11.6 Å². The Morgan fingerprint density at radius 1 is 0.933 bits per heavy atom. The highest BCUT2D eigenvalue weighted by Gasteiger charge is 2.28. The van der Waals surface area contributed by atoms with E-state index in [0.717, 1.165) is 61.9 Å². The molecule has 1 aliphatic heterocycles. The first kappa shape index (κ1) is 20.7. The van der Waals surface area contributed by atoms with Crippen LogP contribution in [0.5, 0.6) is 0 Å². The Balaban J connectivity index is 1.35. The summed E-state index contributed by atoms with van der Waals surface area (Å²) >= 11 is 0. The molecular formula is C21H32N6O3. The molecule has 2 aliphatic carbocycles. The molecule has 3 fully saturated rings. The van der Waals surface area contributed by atoms with Gasteiger partial charge >= 0.3 is 12.1 Å². The average molecular weight is 417 g/mol. The molecular weight excluding hydrogens is 384 g/mol. The van der Waals surface area contributed by atoms with Crippen molar-refractivity contribution in [2.45, 2.75) is 82.8 Å². The zero-order valence-corrected chi connectivity index (χ0v) is 17.7. The predicted octanol–water partition coefficient (Wildman–Crippen LogP) is 1.87. The minimum Gasteiger partial charge on any atom is -0.368 e. The molecule has 1 atom stereocenters. The summed E-state index contributed by atoms with van der Waals surface area (Å²) in [6.07, 6.45) is 11.0. The molecule has 4 rings (SSSR count). The van der Waals surface area contributed by atoms with E-state index in [1.54, 1.807) is 13.1 Å². The molecule has 0 spiro atoms. The zero-order chi connectivity index (χ0) is 21.1. The first-order chi connectivity index (χ1) is 14.5. The number of nitrogens with one attached hydrogen (secondary N) is 3. The largest absolute Gasteiger partial charge is 0.368 e. The van der Waals surface area contributed by atoms with Gasteiger partial charge in [0.2, 0.25) is 0 Å². The molecule has 0 bridgehead atoms. The number of amides is 3. The SMILES string of the molecule is Cc1c(N2CCC(NC(=O)NC3CCCC3)C2)cnn(C(=O)NC2CCCC2)c1=O. The van der Waals surface area contributed by atoms with Gasteiger partial charge in [-0.2, -0.15) is 5.10 Å². The number of carbonyl (C=O) groups excluding carboxylic acids is 2. The molecule has 1 aromatic rings. The Kier molecular flexibility index (Phi) is 6.24. The van der Waals surface area contributed by atoms with Gasteiger partial charge in [-0.05, 0) is 39.0 Å². The molecule has 1 unspecified atom stereocenters. The van der Waals surface area contributed by atoms with Crippen LogP contribution in [0.2, 0.25) is 0 Å². The maximum absolute atomic E-state index is 12.7. The second-order valence-electron chi connectivity index (χ2n) is 8.83. The molecule has 9 heteroatoms. The minimum absolute atomic E-state index is 0.0268. The van der Waals surface area contributed by atoms with Gasteiger partial charge in [-0.15, -0.1) is 4.68 Å². The molecule has 2 saturated carbocycles. The monoisotopic (exact) mass is 416 g/mol. The fraction of sp³-hybridized carbons (Fsp3) is 0.714. The summed E-state index contributed by atoms with van der Waals surface area (Å²) in [6, 6.07) is -0.114. The first-order valence-corrected chi connectivity index (χ1v) is 11.2. The maximum atomic E-state index is 12.7. The van der Waals surface area contributed by atoms with Gasteiger partial charge < -0.3 is 20.9 Å². The van der Waals surface area contributed by atoms with Gasteiger partial charge in [0.05, 0.1) is 11.9 Å². The minimum atomic E-state index is -0.453. The summed E-state index contributed by atoms with van der Waals surface area (Å²) in [4.78, 5) is 39.5. The first-order valence-electron chi connectivity index (χ1n) is 11.2. The number of nitrogens with zero attached hydrogens (tertiary/aromatic N) is 3. The third-order valence-electron chi connectivity index (χ3n) is 6.62. The van der Waals surface area contributed by atoms with Crippen LogP contribution in [0.1, 0.15) is 63.4 Å². The van der Waals surface area contributed by atoms with Crippen LogP contribution < -0.4 is 26.4 Å². The van der Waals surface area contributed by atoms with Gasteiger partial charge in [0.1, 0.15) is 0 Å². The van der Waals surface area contributed by atoms with E-state index in [1.165, 1.54) is 12.8 Å². The fourth-order valence-corrected chi connectivity index (χ4v) is 4.88. The highest BCUT2D eigenvalue weighted by molar-refractivity contribution is 5.76. The van der Waals surface area contributed by atoms with E-state index in [9.17, 15) is 14.4 Å².